The molecule has 1 unspecified atom stereocenters. The first-order valence-corrected chi connectivity index (χ1v) is 8.57. The molecule has 1 aromatic carbocycles. The van der Waals surface area contributed by atoms with Gasteiger partial charge in [-0.2, -0.15) is 0 Å². The molecule has 1 atom stereocenters. The van der Waals surface area contributed by atoms with E-state index in [2.05, 4.69) is 42.5 Å². The SMILES string of the molecule is CCCOC(=O)C1=C(C)NC(=O)NC1c1cc(Br)c(O)c(Br)c1. The summed E-state index contributed by atoms with van der Waals surface area (Å²) in [5.41, 5.74) is 1.42. The van der Waals surface area contributed by atoms with Crippen LogP contribution < -0.4 is 10.6 Å². The average molecular weight is 448 g/mol. The molecule has 1 aliphatic rings. The predicted octanol–water partition coefficient (Wildman–Crippen LogP) is 3.50. The molecule has 0 aromatic heterocycles. The van der Waals surface area contributed by atoms with Crippen LogP contribution in [0.3, 0.4) is 0 Å². The van der Waals surface area contributed by atoms with Crippen molar-refractivity contribution in [3.63, 3.8) is 0 Å². The lowest BCUT2D eigenvalue weighted by Crippen LogP contribution is -2.45. The highest BCUT2D eigenvalue weighted by Crippen LogP contribution is 2.37. The fourth-order valence-corrected chi connectivity index (χ4v) is 3.46. The van der Waals surface area contributed by atoms with Gasteiger partial charge in [0.15, 0.2) is 0 Å². The van der Waals surface area contributed by atoms with E-state index in [0.717, 1.165) is 0 Å². The largest absolute Gasteiger partial charge is 0.506 e. The first-order valence-electron chi connectivity index (χ1n) is 6.98. The molecular formula is C15H16Br2N2O4. The molecule has 0 saturated heterocycles. The molecule has 6 nitrogen and oxygen atoms in total. The molecule has 1 heterocycles. The smallest absolute Gasteiger partial charge is 0.338 e. The molecule has 3 N–H and O–H groups in total. The van der Waals surface area contributed by atoms with Gasteiger partial charge in [0.1, 0.15) is 5.75 Å². The standard InChI is InChI=1S/C15H16Br2N2O4/c1-3-4-23-14(21)11-7(2)18-15(22)19-12(11)8-5-9(16)13(20)10(17)6-8/h5-6,12,20H,3-4H2,1-2H3,(H2,18,19,22). The van der Waals surface area contributed by atoms with E-state index >= 15 is 0 Å². The molecule has 124 valence electrons. The summed E-state index contributed by atoms with van der Waals surface area (Å²) in [7, 11) is 0. The molecular weight excluding hydrogens is 432 g/mol. The van der Waals surface area contributed by atoms with Crippen LogP contribution in [0, 0.1) is 0 Å². The minimum Gasteiger partial charge on any atom is -0.506 e. The quantitative estimate of drug-likeness (QED) is 0.616. The maximum absolute atomic E-state index is 12.4. The van der Waals surface area contributed by atoms with E-state index in [0.29, 0.717) is 38.8 Å². The highest BCUT2D eigenvalue weighted by Gasteiger charge is 2.32. The third-order valence-electron chi connectivity index (χ3n) is 3.30. The van der Waals surface area contributed by atoms with Crippen LogP contribution in [-0.2, 0) is 9.53 Å². The molecule has 23 heavy (non-hydrogen) atoms. The van der Waals surface area contributed by atoms with Crippen molar-refractivity contribution in [3.05, 3.63) is 37.9 Å². The number of hydrogen-bond donors (Lipinski definition) is 3. The second-order valence-corrected chi connectivity index (χ2v) is 6.75. The van der Waals surface area contributed by atoms with Gasteiger partial charge < -0.3 is 20.5 Å². The van der Waals surface area contributed by atoms with Crippen LogP contribution in [-0.4, -0.2) is 23.7 Å². The van der Waals surface area contributed by atoms with Crippen LogP contribution in [0.15, 0.2) is 32.3 Å². The van der Waals surface area contributed by atoms with Crippen LogP contribution in [0.25, 0.3) is 0 Å². The summed E-state index contributed by atoms with van der Waals surface area (Å²) in [5.74, 6) is -0.438. The van der Waals surface area contributed by atoms with E-state index in [1.807, 2.05) is 6.92 Å². The minimum atomic E-state index is -0.665. The molecule has 0 aliphatic carbocycles. The lowest BCUT2D eigenvalue weighted by molar-refractivity contribution is -0.139. The van der Waals surface area contributed by atoms with Crippen LogP contribution in [0.1, 0.15) is 31.9 Å². The summed E-state index contributed by atoms with van der Waals surface area (Å²) in [6.07, 6.45) is 0.707. The Morgan fingerprint density at radius 1 is 1.35 bits per heavy atom. The molecule has 0 saturated carbocycles. The van der Waals surface area contributed by atoms with Gasteiger partial charge in [0.05, 0.1) is 27.2 Å². The number of halogens is 2. The Morgan fingerprint density at radius 2 is 1.96 bits per heavy atom. The van der Waals surface area contributed by atoms with Crippen LogP contribution in [0.4, 0.5) is 4.79 Å². The number of hydrogen-bond acceptors (Lipinski definition) is 4. The van der Waals surface area contributed by atoms with Crippen LogP contribution in [0.2, 0.25) is 0 Å². The predicted molar refractivity (Wildman–Crippen MR) is 91.9 cm³/mol. The summed E-state index contributed by atoms with van der Waals surface area (Å²) < 4.78 is 6.12. The van der Waals surface area contributed by atoms with Crippen molar-refractivity contribution in [3.8, 4) is 5.75 Å². The third kappa shape index (κ3) is 3.87. The van der Waals surface area contributed by atoms with Gasteiger partial charge in [0, 0.05) is 5.70 Å². The van der Waals surface area contributed by atoms with Gasteiger partial charge in [-0.1, -0.05) is 6.92 Å². The van der Waals surface area contributed by atoms with Gasteiger partial charge in [-0.3, -0.25) is 0 Å². The van der Waals surface area contributed by atoms with Gasteiger partial charge in [-0.25, -0.2) is 9.59 Å². The van der Waals surface area contributed by atoms with Gasteiger partial charge in [-0.05, 0) is 62.9 Å². The first kappa shape index (κ1) is 17.8. The zero-order valence-electron chi connectivity index (χ0n) is 12.6. The van der Waals surface area contributed by atoms with Crippen molar-refractivity contribution in [2.75, 3.05) is 6.61 Å². The van der Waals surface area contributed by atoms with E-state index in [4.69, 9.17) is 4.74 Å². The number of phenols is 1. The number of allylic oxidation sites excluding steroid dienone is 1. The van der Waals surface area contributed by atoms with E-state index in [1.165, 1.54) is 0 Å². The van der Waals surface area contributed by atoms with Gasteiger partial charge in [0.25, 0.3) is 0 Å². The molecule has 8 heteroatoms. The van der Waals surface area contributed by atoms with Crippen molar-refractivity contribution >= 4 is 43.9 Å². The summed E-state index contributed by atoms with van der Waals surface area (Å²) >= 11 is 6.50. The van der Waals surface area contributed by atoms with Gasteiger partial charge in [0.2, 0.25) is 0 Å². The Balaban J connectivity index is 2.46. The Hall–Kier alpha value is -1.54. The van der Waals surface area contributed by atoms with E-state index in [1.54, 1.807) is 19.1 Å². The summed E-state index contributed by atoms with van der Waals surface area (Å²) in [6.45, 7) is 3.86. The molecule has 1 aliphatic heterocycles. The average Bonchev–Trinajstić information content (AvgIpc) is 2.49. The second kappa shape index (κ2) is 7.35. The number of ether oxygens (including phenoxy) is 1. The molecule has 0 bridgehead atoms. The van der Waals surface area contributed by atoms with E-state index in [-0.39, 0.29) is 5.75 Å². The van der Waals surface area contributed by atoms with Crippen LogP contribution >= 0.6 is 31.9 Å². The number of carbonyl (C=O) groups is 2. The van der Waals surface area contributed by atoms with Crippen molar-refractivity contribution in [1.82, 2.24) is 10.6 Å². The number of rotatable bonds is 4. The van der Waals surface area contributed by atoms with Crippen molar-refractivity contribution in [2.45, 2.75) is 26.3 Å². The van der Waals surface area contributed by atoms with E-state index in [9.17, 15) is 14.7 Å². The Labute approximate surface area is 150 Å². The number of carbonyl (C=O) groups excluding carboxylic acids is 2. The molecule has 2 amide bonds. The third-order valence-corrected chi connectivity index (χ3v) is 4.51. The fourth-order valence-electron chi connectivity index (χ4n) is 2.24. The van der Waals surface area contributed by atoms with Crippen molar-refractivity contribution < 1.29 is 19.4 Å². The molecule has 1 aromatic rings. The fraction of sp³-hybridized carbons (Fsp3) is 0.333. The summed E-state index contributed by atoms with van der Waals surface area (Å²) in [6, 6.07) is 2.23. The van der Waals surface area contributed by atoms with Crippen molar-refractivity contribution in [1.29, 1.82) is 0 Å². The van der Waals surface area contributed by atoms with Crippen LogP contribution in [0.5, 0.6) is 5.75 Å². The molecule has 2 rings (SSSR count). The number of esters is 1. The second-order valence-electron chi connectivity index (χ2n) is 5.04. The molecule has 0 fully saturated rings. The zero-order chi connectivity index (χ0) is 17.1. The summed E-state index contributed by atoms with van der Waals surface area (Å²) in [4.78, 5) is 24.1. The Morgan fingerprint density at radius 3 is 2.52 bits per heavy atom. The maximum atomic E-state index is 12.4. The highest BCUT2D eigenvalue weighted by atomic mass is 79.9. The van der Waals surface area contributed by atoms with Crippen molar-refractivity contribution in [2.24, 2.45) is 0 Å². The number of nitrogens with one attached hydrogen (secondary N) is 2. The van der Waals surface area contributed by atoms with E-state index < -0.39 is 18.0 Å². The Kier molecular flexibility index (Phi) is 5.69. The number of benzene rings is 1. The molecule has 0 spiro atoms. The normalized spacial score (nSPS) is 17.6. The summed E-state index contributed by atoms with van der Waals surface area (Å²) in [5, 5.41) is 15.1. The highest BCUT2D eigenvalue weighted by molar-refractivity contribution is 9.11. The topological polar surface area (TPSA) is 87.7 Å². The number of aromatic hydroxyl groups is 1. The first-order chi connectivity index (χ1) is 10.8. The number of amides is 2. The minimum absolute atomic E-state index is 0.0461. The van der Waals surface area contributed by atoms with Gasteiger partial charge in [-0.15, -0.1) is 0 Å². The molecule has 0 radical (unpaired) electrons. The lowest BCUT2D eigenvalue weighted by atomic mass is 9.95. The number of phenolic OH excluding ortho intramolecular Hbond substituents is 1. The zero-order valence-corrected chi connectivity index (χ0v) is 15.7. The van der Waals surface area contributed by atoms with Gasteiger partial charge >= 0.3 is 12.0 Å². The maximum Gasteiger partial charge on any atom is 0.338 e. The lowest BCUT2D eigenvalue weighted by Gasteiger charge is -2.28. The monoisotopic (exact) mass is 446 g/mol. The Bertz CT molecular complexity index is 665. The number of urea groups is 1.